The van der Waals surface area contributed by atoms with Crippen LogP contribution >= 0.6 is 0 Å². The van der Waals surface area contributed by atoms with Gasteiger partial charge in [-0.2, -0.15) is 0 Å². The van der Waals surface area contributed by atoms with E-state index in [1.165, 1.54) is 5.56 Å². The first kappa shape index (κ1) is 11.9. The van der Waals surface area contributed by atoms with Gasteiger partial charge in [0, 0.05) is 31.6 Å². The summed E-state index contributed by atoms with van der Waals surface area (Å²) in [5.41, 5.74) is 0.736. The summed E-state index contributed by atoms with van der Waals surface area (Å²) in [4.78, 5) is 13.0. The van der Waals surface area contributed by atoms with Gasteiger partial charge in [0.05, 0.1) is 0 Å². The summed E-state index contributed by atoms with van der Waals surface area (Å²) < 4.78 is 0. The number of nitrogens with zero attached hydrogens (tertiary/aromatic N) is 1. The van der Waals surface area contributed by atoms with Crippen molar-refractivity contribution in [2.75, 3.05) is 18.0 Å². The van der Waals surface area contributed by atoms with Crippen LogP contribution in [0.15, 0.2) is 24.3 Å². The first-order chi connectivity index (χ1) is 8.01. The Morgan fingerprint density at radius 1 is 1.35 bits per heavy atom. The molecule has 92 valence electrons. The van der Waals surface area contributed by atoms with Crippen LogP contribution in [0.1, 0.15) is 18.4 Å². The molecular formula is C13H17NO3. The Morgan fingerprint density at radius 2 is 2.00 bits per heavy atom. The zero-order chi connectivity index (χ0) is 12.5. The van der Waals surface area contributed by atoms with Crippen LogP contribution in [0.4, 0.5) is 5.69 Å². The first-order valence-electron chi connectivity index (χ1n) is 5.79. The number of aliphatic hydroxyl groups is 1. The van der Waals surface area contributed by atoms with E-state index in [1.54, 1.807) is 0 Å². The number of carboxylic acids is 1. The van der Waals surface area contributed by atoms with Crippen LogP contribution in [0.2, 0.25) is 0 Å². The minimum atomic E-state index is -1.54. The largest absolute Gasteiger partial charge is 0.479 e. The highest BCUT2D eigenvalue weighted by Crippen LogP contribution is 2.26. The van der Waals surface area contributed by atoms with Gasteiger partial charge >= 0.3 is 5.97 Å². The van der Waals surface area contributed by atoms with Gasteiger partial charge in [-0.15, -0.1) is 0 Å². The number of benzene rings is 1. The second-order valence-corrected chi connectivity index (χ2v) is 4.66. The highest BCUT2D eigenvalue weighted by Gasteiger charge is 2.39. The number of hydrogen-bond acceptors (Lipinski definition) is 3. The maximum Gasteiger partial charge on any atom is 0.335 e. The predicted octanol–water partition coefficient (Wildman–Crippen LogP) is 1.41. The Labute approximate surface area is 100 Å². The van der Waals surface area contributed by atoms with Crippen molar-refractivity contribution in [1.29, 1.82) is 0 Å². The van der Waals surface area contributed by atoms with E-state index in [1.807, 2.05) is 25.1 Å². The maximum absolute atomic E-state index is 10.9. The average molecular weight is 235 g/mol. The highest BCUT2D eigenvalue weighted by atomic mass is 16.4. The molecule has 0 unspecified atom stereocenters. The minimum absolute atomic E-state index is 0.274. The van der Waals surface area contributed by atoms with Crippen molar-refractivity contribution in [2.24, 2.45) is 0 Å². The van der Waals surface area contributed by atoms with Gasteiger partial charge in [-0.3, -0.25) is 0 Å². The van der Waals surface area contributed by atoms with Gasteiger partial charge in [-0.1, -0.05) is 12.1 Å². The van der Waals surface area contributed by atoms with Crippen LogP contribution in [0, 0.1) is 6.92 Å². The van der Waals surface area contributed by atoms with Gasteiger partial charge in [0.15, 0.2) is 5.60 Å². The molecule has 0 aliphatic carbocycles. The Hall–Kier alpha value is -1.55. The fraction of sp³-hybridized carbons (Fsp3) is 0.462. The third-order valence-electron chi connectivity index (χ3n) is 3.36. The van der Waals surface area contributed by atoms with Crippen LogP contribution in [0.5, 0.6) is 0 Å². The number of carbonyl (C=O) groups is 1. The smallest absolute Gasteiger partial charge is 0.335 e. The van der Waals surface area contributed by atoms with Gasteiger partial charge < -0.3 is 15.1 Å². The normalized spacial score (nSPS) is 19.1. The maximum atomic E-state index is 10.9. The van der Waals surface area contributed by atoms with Crippen LogP contribution in [-0.2, 0) is 4.79 Å². The lowest BCUT2D eigenvalue weighted by Crippen LogP contribution is -2.49. The summed E-state index contributed by atoms with van der Waals surface area (Å²) in [5, 5.41) is 18.8. The first-order valence-corrected chi connectivity index (χ1v) is 5.79. The van der Waals surface area contributed by atoms with E-state index in [4.69, 9.17) is 5.11 Å². The molecule has 2 rings (SSSR count). The molecule has 0 aromatic heterocycles. The van der Waals surface area contributed by atoms with Crippen LogP contribution in [0.3, 0.4) is 0 Å². The Bertz CT molecular complexity index is 422. The molecule has 1 aliphatic rings. The summed E-state index contributed by atoms with van der Waals surface area (Å²) in [6, 6.07) is 8.10. The molecule has 2 N–H and O–H groups in total. The van der Waals surface area contributed by atoms with Gasteiger partial charge in [0.1, 0.15) is 0 Å². The lowest BCUT2D eigenvalue weighted by Gasteiger charge is -2.36. The lowest BCUT2D eigenvalue weighted by atomic mass is 9.91. The number of anilines is 1. The number of aliphatic carboxylic acids is 1. The minimum Gasteiger partial charge on any atom is -0.479 e. The van der Waals surface area contributed by atoms with Gasteiger partial charge in [-0.05, 0) is 24.6 Å². The van der Waals surface area contributed by atoms with Crippen LogP contribution in [0.25, 0.3) is 0 Å². The van der Waals surface area contributed by atoms with E-state index < -0.39 is 11.6 Å². The van der Waals surface area contributed by atoms with Crippen molar-refractivity contribution >= 4 is 11.7 Å². The molecule has 1 aromatic carbocycles. The van der Waals surface area contributed by atoms with E-state index in [2.05, 4.69) is 11.0 Å². The number of piperidine rings is 1. The molecule has 0 amide bonds. The summed E-state index contributed by atoms with van der Waals surface area (Å²) >= 11 is 0. The zero-order valence-corrected chi connectivity index (χ0v) is 9.89. The van der Waals surface area contributed by atoms with E-state index >= 15 is 0 Å². The molecule has 0 atom stereocenters. The monoisotopic (exact) mass is 235 g/mol. The number of hydrogen-bond donors (Lipinski definition) is 2. The van der Waals surface area contributed by atoms with Crippen molar-refractivity contribution < 1.29 is 15.0 Å². The van der Waals surface area contributed by atoms with E-state index in [0.29, 0.717) is 13.1 Å². The Morgan fingerprint density at radius 3 is 2.53 bits per heavy atom. The molecule has 1 saturated heterocycles. The summed E-state index contributed by atoms with van der Waals surface area (Å²) in [6.45, 7) is 3.18. The molecule has 1 fully saturated rings. The third kappa shape index (κ3) is 2.42. The van der Waals surface area contributed by atoms with Crippen molar-refractivity contribution in [1.82, 2.24) is 0 Å². The highest BCUT2D eigenvalue weighted by molar-refractivity contribution is 5.77. The number of carboxylic acid groups (broad SMARTS) is 1. The molecule has 1 heterocycles. The number of rotatable bonds is 2. The molecule has 1 aliphatic heterocycles. The fourth-order valence-electron chi connectivity index (χ4n) is 2.17. The zero-order valence-electron chi connectivity index (χ0n) is 9.89. The Balaban J connectivity index is 2.07. The average Bonchev–Trinajstić information content (AvgIpc) is 2.30. The second kappa shape index (κ2) is 4.37. The molecule has 1 aromatic rings. The Kier molecular flexibility index (Phi) is 3.07. The van der Waals surface area contributed by atoms with Crippen molar-refractivity contribution in [2.45, 2.75) is 25.4 Å². The summed E-state index contributed by atoms with van der Waals surface area (Å²) in [7, 11) is 0. The molecule has 0 bridgehead atoms. The second-order valence-electron chi connectivity index (χ2n) is 4.66. The summed E-state index contributed by atoms with van der Waals surface area (Å²) in [5.74, 6) is -1.11. The fourth-order valence-corrected chi connectivity index (χ4v) is 2.17. The van der Waals surface area contributed by atoms with Crippen molar-refractivity contribution in [3.8, 4) is 0 Å². The van der Waals surface area contributed by atoms with E-state index in [-0.39, 0.29) is 12.8 Å². The third-order valence-corrected chi connectivity index (χ3v) is 3.36. The lowest BCUT2D eigenvalue weighted by molar-refractivity contribution is -0.160. The molecule has 0 saturated carbocycles. The molecule has 17 heavy (non-hydrogen) atoms. The van der Waals surface area contributed by atoms with E-state index in [0.717, 1.165) is 5.69 Å². The topological polar surface area (TPSA) is 60.8 Å². The van der Waals surface area contributed by atoms with Gasteiger partial charge in [0.25, 0.3) is 0 Å². The number of aryl methyl sites for hydroxylation is 1. The SMILES string of the molecule is Cc1cccc(N2CCC(O)(C(=O)O)CC2)c1. The van der Waals surface area contributed by atoms with Crippen molar-refractivity contribution in [3.63, 3.8) is 0 Å². The van der Waals surface area contributed by atoms with Crippen LogP contribution < -0.4 is 4.90 Å². The molecule has 0 spiro atoms. The van der Waals surface area contributed by atoms with Crippen LogP contribution in [-0.4, -0.2) is 34.9 Å². The molecular weight excluding hydrogens is 218 g/mol. The molecule has 4 heteroatoms. The van der Waals surface area contributed by atoms with Gasteiger partial charge in [0.2, 0.25) is 0 Å². The summed E-state index contributed by atoms with van der Waals surface area (Å²) in [6.07, 6.45) is 0.548. The molecule has 0 radical (unpaired) electrons. The standard InChI is InChI=1S/C13H17NO3/c1-10-3-2-4-11(9-10)14-7-5-13(17,6-8-14)12(15)16/h2-4,9,17H,5-8H2,1H3,(H,15,16). The van der Waals surface area contributed by atoms with E-state index in [9.17, 15) is 9.90 Å². The quantitative estimate of drug-likeness (QED) is 0.813. The molecule has 4 nitrogen and oxygen atoms in total. The van der Waals surface area contributed by atoms with Crippen molar-refractivity contribution in [3.05, 3.63) is 29.8 Å². The van der Waals surface area contributed by atoms with Gasteiger partial charge in [-0.25, -0.2) is 4.79 Å². The predicted molar refractivity (Wildman–Crippen MR) is 65.2 cm³/mol.